The Labute approximate surface area is 146 Å². The van der Waals surface area contributed by atoms with Crippen LogP contribution in [-0.2, 0) is 12.8 Å². The molecule has 2 aromatic rings. The van der Waals surface area contributed by atoms with E-state index in [1.807, 2.05) is 17.0 Å². The first-order chi connectivity index (χ1) is 11.7. The Morgan fingerprint density at radius 1 is 1.08 bits per heavy atom. The molecule has 0 atom stereocenters. The first-order valence-corrected chi connectivity index (χ1v) is 9.72. The van der Waals surface area contributed by atoms with Crippen LogP contribution in [0.5, 0.6) is 5.75 Å². The van der Waals surface area contributed by atoms with Gasteiger partial charge in [0.05, 0.1) is 4.88 Å². The summed E-state index contributed by atoms with van der Waals surface area (Å²) < 4.78 is 0. The molecule has 0 radical (unpaired) electrons. The quantitative estimate of drug-likeness (QED) is 0.882. The first-order valence-electron chi connectivity index (χ1n) is 8.90. The van der Waals surface area contributed by atoms with Crippen LogP contribution in [0, 0.1) is 0 Å². The minimum atomic E-state index is 0.221. The molecule has 2 aliphatic rings. The molecule has 0 unspecified atom stereocenters. The highest BCUT2D eigenvalue weighted by Crippen LogP contribution is 2.33. The standard InChI is InChI=1S/C20H23NO2S/c22-17-7-5-14(6-8-17)15-9-11-21(12-10-15)20(23)19-13-16-3-1-2-4-18(16)24-19/h5-8,13,15,22H,1-4,9-12H2. The average molecular weight is 341 g/mol. The molecule has 1 aliphatic heterocycles. The van der Waals surface area contributed by atoms with Gasteiger partial charge in [-0.05, 0) is 73.8 Å². The molecule has 1 aromatic carbocycles. The van der Waals surface area contributed by atoms with E-state index in [0.29, 0.717) is 11.7 Å². The molecule has 0 bridgehead atoms. The number of phenols is 1. The van der Waals surface area contributed by atoms with Gasteiger partial charge >= 0.3 is 0 Å². The molecule has 0 spiro atoms. The Bertz CT molecular complexity index is 703. The maximum atomic E-state index is 12.8. The minimum Gasteiger partial charge on any atom is -0.508 e. The van der Waals surface area contributed by atoms with Gasteiger partial charge in [0.2, 0.25) is 0 Å². The fraction of sp³-hybridized carbons (Fsp3) is 0.450. The number of aryl methyl sites for hydroxylation is 2. The SMILES string of the molecule is O=C(c1cc2c(s1)CCCC2)N1CCC(c2ccc(O)cc2)CC1. The van der Waals surface area contributed by atoms with Crippen molar-refractivity contribution in [3.63, 3.8) is 0 Å². The summed E-state index contributed by atoms with van der Waals surface area (Å²) in [5.74, 6) is 1.03. The number of thiophene rings is 1. The zero-order chi connectivity index (χ0) is 16.5. The number of fused-ring (bicyclic) bond motifs is 1. The van der Waals surface area contributed by atoms with Crippen molar-refractivity contribution >= 4 is 17.2 Å². The van der Waals surface area contributed by atoms with E-state index in [0.717, 1.165) is 43.6 Å². The molecule has 1 fully saturated rings. The number of benzene rings is 1. The van der Waals surface area contributed by atoms with Crippen molar-refractivity contribution in [2.45, 2.75) is 44.4 Å². The second-order valence-electron chi connectivity index (χ2n) is 6.92. The maximum absolute atomic E-state index is 12.8. The van der Waals surface area contributed by atoms with Gasteiger partial charge in [0.1, 0.15) is 5.75 Å². The molecule has 1 saturated heterocycles. The normalized spacial score (nSPS) is 18.4. The van der Waals surface area contributed by atoms with Crippen LogP contribution >= 0.6 is 11.3 Å². The van der Waals surface area contributed by atoms with Gasteiger partial charge < -0.3 is 10.0 Å². The van der Waals surface area contributed by atoms with Gasteiger partial charge in [-0.25, -0.2) is 0 Å². The van der Waals surface area contributed by atoms with E-state index in [9.17, 15) is 9.90 Å². The lowest BCUT2D eigenvalue weighted by molar-refractivity contribution is 0.0718. The zero-order valence-electron chi connectivity index (χ0n) is 13.8. The lowest BCUT2D eigenvalue weighted by atomic mass is 9.89. The topological polar surface area (TPSA) is 40.5 Å². The van der Waals surface area contributed by atoms with Crippen molar-refractivity contribution in [1.82, 2.24) is 4.90 Å². The summed E-state index contributed by atoms with van der Waals surface area (Å²) in [6.07, 6.45) is 6.82. The molecule has 2 heterocycles. The van der Waals surface area contributed by atoms with Gasteiger partial charge in [-0.15, -0.1) is 11.3 Å². The fourth-order valence-electron chi connectivity index (χ4n) is 3.91. The van der Waals surface area contributed by atoms with E-state index < -0.39 is 0 Å². The number of phenolic OH excluding ortho intramolecular Hbond substituents is 1. The lowest BCUT2D eigenvalue weighted by Gasteiger charge is -2.32. The Kier molecular flexibility index (Phi) is 4.31. The highest BCUT2D eigenvalue weighted by molar-refractivity contribution is 7.14. The van der Waals surface area contributed by atoms with Crippen molar-refractivity contribution in [1.29, 1.82) is 0 Å². The highest BCUT2D eigenvalue weighted by atomic mass is 32.1. The van der Waals surface area contributed by atoms with E-state index in [4.69, 9.17) is 0 Å². The maximum Gasteiger partial charge on any atom is 0.263 e. The smallest absolute Gasteiger partial charge is 0.263 e. The first kappa shape index (κ1) is 15.7. The van der Waals surface area contributed by atoms with E-state index in [2.05, 4.69) is 6.07 Å². The van der Waals surface area contributed by atoms with E-state index in [1.54, 1.807) is 23.5 Å². The summed E-state index contributed by atoms with van der Waals surface area (Å²) in [6, 6.07) is 9.66. The van der Waals surface area contributed by atoms with E-state index in [1.165, 1.54) is 28.8 Å². The highest BCUT2D eigenvalue weighted by Gasteiger charge is 2.26. The molecule has 4 heteroatoms. The molecule has 0 saturated carbocycles. The Morgan fingerprint density at radius 2 is 1.79 bits per heavy atom. The average Bonchev–Trinajstić information content (AvgIpc) is 3.06. The van der Waals surface area contributed by atoms with Crippen molar-refractivity contribution in [3.05, 3.63) is 51.2 Å². The van der Waals surface area contributed by atoms with Crippen molar-refractivity contribution in [3.8, 4) is 5.75 Å². The molecule has 4 rings (SSSR count). The number of rotatable bonds is 2. The van der Waals surface area contributed by atoms with Crippen LogP contribution in [0.25, 0.3) is 0 Å². The van der Waals surface area contributed by atoms with Gasteiger partial charge in [-0.3, -0.25) is 4.79 Å². The van der Waals surface area contributed by atoms with Crippen LogP contribution in [0.1, 0.15) is 57.3 Å². The minimum absolute atomic E-state index is 0.221. The second-order valence-corrected chi connectivity index (χ2v) is 8.06. The van der Waals surface area contributed by atoms with Crippen molar-refractivity contribution in [2.75, 3.05) is 13.1 Å². The van der Waals surface area contributed by atoms with Crippen molar-refractivity contribution < 1.29 is 9.90 Å². The number of likely N-dealkylation sites (tertiary alicyclic amines) is 1. The Balaban J connectivity index is 1.41. The van der Waals surface area contributed by atoms with Crippen LogP contribution in [0.2, 0.25) is 0 Å². The second kappa shape index (κ2) is 6.60. The number of amides is 1. The fourth-order valence-corrected chi connectivity index (χ4v) is 5.14. The van der Waals surface area contributed by atoms with Crippen LogP contribution in [0.3, 0.4) is 0 Å². The van der Waals surface area contributed by atoms with Crippen molar-refractivity contribution in [2.24, 2.45) is 0 Å². The third-order valence-corrected chi connectivity index (χ3v) is 6.58. The molecule has 126 valence electrons. The van der Waals surface area contributed by atoms with Crippen LogP contribution in [0.4, 0.5) is 0 Å². The number of nitrogens with zero attached hydrogens (tertiary/aromatic N) is 1. The Hall–Kier alpha value is -1.81. The van der Waals surface area contributed by atoms with Gasteiger partial charge in [-0.1, -0.05) is 12.1 Å². The summed E-state index contributed by atoms with van der Waals surface area (Å²) in [4.78, 5) is 17.2. The van der Waals surface area contributed by atoms with E-state index in [-0.39, 0.29) is 5.91 Å². The molecular weight excluding hydrogens is 318 g/mol. The summed E-state index contributed by atoms with van der Waals surface area (Å²) in [6.45, 7) is 1.65. The summed E-state index contributed by atoms with van der Waals surface area (Å²) in [7, 11) is 0. The largest absolute Gasteiger partial charge is 0.508 e. The monoisotopic (exact) mass is 341 g/mol. The number of carbonyl (C=O) groups excluding carboxylic acids is 1. The molecule has 1 N–H and O–H groups in total. The number of hydrogen-bond donors (Lipinski definition) is 1. The number of hydrogen-bond acceptors (Lipinski definition) is 3. The van der Waals surface area contributed by atoms with Gasteiger partial charge in [0, 0.05) is 18.0 Å². The van der Waals surface area contributed by atoms with Gasteiger partial charge in [-0.2, -0.15) is 0 Å². The van der Waals surface area contributed by atoms with Gasteiger partial charge in [0.15, 0.2) is 0 Å². The van der Waals surface area contributed by atoms with E-state index >= 15 is 0 Å². The van der Waals surface area contributed by atoms with Crippen LogP contribution in [0.15, 0.2) is 30.3 Å². The Morgan fingerprint density at radius 3 is 2.50 bits per heavy atom. The lowest BCUT2D eigenvalue weighted by Crippen LogP contribution is -2.37. The summed E-state index contributed by atoms with van der Waals surface area (Å²) >= 11 is 1.72. The summed E-state index contributed by atoms with van der Waals surface area (Å²) in [5, 5.41) is 9.41. The zero-order valence-corrected chi connectivity index (χ0v) is 14.6. The van der Waals surface area contributed by atoms with Gasteiger partial charge in [0.25, 0.3) is 5.91 Å². The molecule has 3 nitrogen and oxygen atoms in total. The predicted octanol–water partition coefficient (Wildman–Crippen LogP) is 4.35. The van der Waals surface area contributed by atoms with Crippen LogP contribution in [-0.4, -0.2) is 29.0 Å². The molecule has 24 heavy (non-hydrogen) atoms. The molecule has 1 aliphatic carbocycles. The number of carbonyl (C=O) groups is 1. The molecule has 1 aromatic heterocycles. The predicted molar refractivity (Wildman–Crippen MR) is 96.9 cm³/mol. The van der Waals surface area contributed by atoms with Crippen LogP contribution < -0.4 is 0 Å². The summed E-state index contributed by atoms with van der Waals surface area (Å²) in [5.41, 5.74) is 2.68. The third-order valence-electron chi connectivity index (χ3n) is 5.35. The third kappa shape index (κ3) is 3.07. The molecular formula is C20H23NO2S. The number of aromatic hydroxyl groups is 1. The molecule has 1 amide bonds. The number of piperidine rings is 1.